The molecule has 0 unspecified atom stereocenters. The molecule has 7 nitrogen and oxygen atoms in total. The van der Waals surface area contributed by atoms with Crippen LogP contribution in [0.5, 0.6) is 0 Å². The van der Waals surface area contributed by atoms with Gasteiger partial charge in [0.25, 0.3) is 17.7 Å². The predicted octanol–water partition coefficient (Wildman–Crippen LogP) is 2.98. The summed E-state index contributed by atoms with van der Waals surface area (Å²) in [6, 6.07) is 14.4. The van der Waals surface area contributed by atoms with Crippen molar-refractivity contribution in [2.75, 3.05) is 31.1 Å². The van der Waals surface area contributed by atoms with Gasteiger partial charge >= 0.3 is 0 Å². The Morgan fingerprint density at radius 1 is 0.909 bits per heavy atom. The summed E-state index contributed by atoms with van der Waals surface area (Å²) in [5.41, 5.74) is 2.73. The summed E-state index contributed by atoms with van der Waals surface area (Å²) < 4.78 is 13.2. The molecule has 2 aliphatic rings. The number of halogens is 1. The molecule has 1 aromatic heterocycles. The summed E-state index contributed by atoms with van der Waals surface area (Å²) in [4.78, 5) is 48.0. The summed E-state index contributed by atoms with van der Waals surface area (Å²) in [6.45, 7) is 2.13. The van der Waals surface area contributed by atoms with Crippen molar-refractivity contribution in [3.63, 3.8) is 0 Å². The van der Waals surface area contributed by atoms with Gasteiger partial charge in [0.1, 0.15) is 5.82 Å². The van der Waals surface area contributed by atoms with Crippen LogP contribution in [-0.2, 0) is 6.54 Å². The van der Waals surface area contributed by atoms with E-state index in [1.165, 1.54) is 29.2 Å². The molecule has 0 spiro atoms. The summed E-state index contributed by atoms with van der Waals surface area (Å²) in [5.74, 6) is -1.17. The number of pyridine rings is 1. The molecule has 0 N–H and O–H groups in total. The van der Waals surface area contributed by atoms with Gasteiger partial charge in [-0.3, -0.25) is 24.3 Å². The van der Waals surface area contributed by atoms with E-state index in [0.29, 0.717) is 48.6 Å². The van der Waals surface area contributed by atoms with E-state index in [4.69, 9.17) is 0 Å². The van der Waals surface area contributed by atoms with E-state index in [1.807, 2.05) is 17.0 Å². The van der Waals surface area contributed by atoms with Gasteiger partial charge in [-0.15, -0.1) is 0 Å². The van der Waals surface area contributed by atoms with Crippen LogP contribution in [0.15, 0.2) is 67.0 Å². The SMILES string of the molecule is O=C(c1ccc(F)cc1)N1CCN(c2cccc3c2C(=O)N(Cc2cccnc2)C3=O)CC1. The van der Waals surface area contributed by atoms with E-state index in [-0.39, 0.29) is 30.1 Å². The monoisotopic (exact) mass is 444 g/mol. The second-order valence-corrected chi connectivity index (χ2v) is 8.04. The highest BCUT2D eigenvalue weighted by atomic mass is 19.1. The van der Waals surface area contributed by atoms with E-state index in [9.17, 15) is 18.8 Å². The van der Waals surface area contributed by atoms with Gasteiger partial charge in [0, 0.05) is 44.1 Å². The quantitative estimate of drug-likeness (QED) is 0.579. The molecule has 0 atom stereocenters. The summed E-state index contributed by atoms with van der Waals surface area (Å²) in [6.07, 6.45) is 3.28. The first-order chi connectivity index (χ1) is 16.0. The summed E-state index contributed by atoms with van der Waals surface area (Å²) >= 11 is 0. The third kappa shape index (κ3) is 3.84. The molecule has 5 rings (SSSR count). The standard InChI is InChI=1S/C25H21FN4O3/c26-19-8-6-18(7-9-19)23(31)29-13-11-28(12-14-29)21-5-1-4-20-22(21)25(33)30(24(20)32)16-17-3-2-10-27-15-17/h1-10,15H,11-14,16H2. The number of anilines is 1. The predicted molar refractivity (Wildman–Crippen MR) is 119 cm³/mol. The number of hydrogen-bond donors (Lipinski definition) is 0. The highest BCUT2D eigenvalue weighted by Gasteiger charge is 2.39. The second kappa shape index (κ2) is 8.46. The lowest BCUT2D eigenvalue weighted by Gasteiger charge is -2.36. The fourth-order valence-corrected chi connectivity index (χ4v) is 4.32. The van der Waals surface area contributed by atoms with Crippen molar-refractivity contribution in [1.29, 1.82) is 0 Å². The van der Waals surface area contributed by atoms with Crippen molar-refractivity contribution < 1.29 is 18.8 Å². The maximum atomic E-state index is 13.2. The van der Waals surface area contributed by atoms with Crippen LogP contribution in [0.25, 0.3) is 0 Å². The van der Waals surface area contributed by atoms with Crippen LogP contribution in [0, 0.1) is 5.82 Å². The highest BCUT2D eigenvalue weighted by Crippen LogP contribution is 2.33. The van der Waals surface area contributed by atoms with E-state index < -0.39 is 0 Å². The van der Waals surface area contributed by atoms with Crippen LogP contribution in [-0.4, -0.2) is 58.7 Å². The van der Waals surface area contributed by atoms with Crippen molar-refractivity contribution in [3.05, 3.63) is 95.1 Å². The smallest absolute Gasteiger partial charge is 0.263 e. The molecular weight excluding hydrogens is 423 g/mol. The maximum Gasteiger partial charge on any atom is 0.263 e. The summed E-state index contributed by atoms with van der Waals surface area (Å²) in [5, 5.41) is 0. The number of piperazine rings is 1. The van der Waals surface area contributed by atoms with Crippen LogP contribution in [0.3, 0.4) is 0 Å². The average Bonchev–Trinajstić information content (AvgIpc) is 3.10. The molecule has 0 aliphatic carbocycles. The van der Waals surface area contributed by atoms with Crippen LogP contribution < -0.4 is 4.90 Å². The van der Waals surface area contributed by atoms with Gasteiger partial charge in [-0.2, -0.15) is 0 Å². The topological polar surface area (TPSA) is 73.8 Å². The van der Waals surface area contributed by atoms with Gasteiger partial charge in [-0.25, -0.2) is 4.39 Å². The van der Waals surface area contributed by atoms with E-state index >= 15 is 0 Å². The van der Waals surface area contributed by atoms with E-state index in [2.05, 4.69) is 4.98 Å². The summed E-state index contributed by atoms with van der Waals surface area (Å²) in [7, 11) is 0. The van der Waals surface area contributed by atoms with Crippen molar-refractivity contribution in [2.45, 2.75) is 6.54 Å². The molecule has 1 saturated heterocycles. The van der Waals surface area contributed by atoms with Crippen molar-refractivity contribution in [3.8, 4) is 0 Å². The van der Waals surface area contributed by atoms with Gasteiger partial charge in [0.2, 0.25) is 0 Å². The maximum absolute atomic E-state index is 13.2. The Morgan fingerprint density at radius 3 is 2.36 bits per heavy atom. The minimum atomic E-state index is -0.383. The molecule has 3 aromatic rings. The Morgan fingerprint density at radius 2 is 1.67 bits per heavy atom. The Hall–Kier alpha value is -4.07. The number of amides is 3. The number of carbonyl (C=O) groups excluding carboxylic acids is 3. The molecule has 166 valence electrons. The minimum absolute atomic E-state index is 0.151. The Balaban J connectivity index is 1.33. The normalized spacial score (nSPS) is 15.7. The van der Waals surface area contributed by atoms with Crippen LogP contribution in [0.1, 0.15) is 36.6 Å². The number of rotatable bonds is 4. The zero-order valence-corrected chi connectivity index (χ0v) is 17.8. The molecule has 0 saturated carbocycles. The molecule has 2 aliphatic heterocycles. The van der Waals surface area contributed by atoms with Gasteiger partial charge in [0.15, 0.2) is 0 Å². The van der Waals surface area contributed by atoms with E-state index in [1.54, 1.807) is 35.5 Å². The van der Waals surface area contributed by atoms with Gasteiger partial charge in [-0.1, -0.05) is 12.1 Å². The van der Waals surface area contributed by atoms with E-state index in [0.717, 1.165) is 5.56 Å². The highest BCUT2D eigenvalue weighted by molar-refractivity contribution is 6.23. The number of imide groups is 1. The first kappa shape index (κ1) is 20.8. The number of fused-ring (bicyclic) bond motifs is 1. The molecule has 8 heteroatoms. The molecule has 3 amide bonds. The zero-order chi connectivity index (χ0) is 22.9. The number of hydrogen-bond acceptors (Lipinski definition) is 5. The van der Waals surface area contributed by atoms with Gasteiger partial charge in [0.05, 0.1) is 23.4 Å². The third-order valence-electron chi connectivity index (χ3n) is 6.04. The zero-order valence-electron chi connectivity index (χ0n) is 17.8. The van der Waals surface area contributed by atoms with Crippen molar-refractivity contribution in [2.24, 2.45) is 0 Å². The molecule has 2 aromatic carbocycles. The van der Waals surface area contributed by atoms with Crippen molar-refractivity contribution >= 4 is 23.4 Å². The lowest BCUT2D eigenvalue weighted by atomic mass is 10.1. The Labute approximate surface area is 190 Å². The fourth-order valence-electron chi connectivity index (χ4n) is 4.32. The molecule has 33 heavy (non-hydrogen) atoms. The Bertz CT molecular complexity index is 1220. The minimum Gasteiger partial charge on any atom is -0.367 e. The molecule has 3 heterocycles. The van der Waals surface area contributed by atoms with Gasteiger partial charge < -0.3 is 9.80 Å². The van der Waals surface area contributed by atoms with Crippen LogP contribution in [0.4, 0.5) is 10.1 Å². The number of benzene rings is 2. The lowest BCUT2D eigenvalue weighted by molar-refractivity contribution is 0.0640. The largest absolute Gasteiger partial charge is 0.367 e. The first-order valence-corrected chi connectivity index (χ1v) is 10.7. The molecular formula is C25H21FN4O3. The molecule has 0 bridgehead atoms. The van der Waals surface area contributed by atoms with Crippen LogP contribution in [0.2, 0.25) is 0 Å². The molecule has 1 fully saturated rings. The van der Waals surface area contributed by atoms with Crippen LogP contribution >= 0.6 is 0 Å². The lowest BCUT2D eigenvalue weighted by Crippen LogP contribution is -2.49. The van der Waals surface area contributed by atoms with Gasteiger partial charge in [-0.05, 0) is 48.0 Å². The number of carbonyl (C=O) groups is 3. The molecule has 0 radical (unpaired) electrons. The first-order valence-electron chi connectivity index (χ1n) is 10.7. The number of aromatic nitrogens is 1. The third-order valence-corrected chi connectivity index (χ3v) is 6.04. The number of nitrogens with zero attached hydrogens (tertiary/aromatic N) is 4. The average molecular weight is 444 g/mol. The second-order valence-electron chi connectivity index (χ2n) is 8.04. The Kier molecular flexibility index (Phi) is 5.34. The fraction of sp³-hybridized carbons (Fsp3) is 0.200. The van der Waals surface area contributed by atoms with Crippen molar-refractivity contribution in [1.82, 2.24) is 14.8 Å².